The zero-order valence-corrected chi connectivity index (χ0v) is 12.4. The highest BCUT2D eigenvalue weighted by Crippen LogP contribution is 2.20. The zero-order chi connectivity index (χ0) is 16.0. The Kier molecular flexibility index (Phi) is 15.1. The van der Waals surface area contributed by atoms with Crippen LogP contribution < -0.4 is 0 Å². The van der Waals surface area contributed by atoms with Crippen LogP contribution in [0.15, 0.2) is 0 Å². The molecule has 2 atom stereocenters. The lowest BCUT2D eigenvalue weighted by Gasteiger charge is -2.14. The summed E-state index contributed by atoms with van der Waals surface area (Å²) in [5, 5.41) is 32.7. The van der Waals surface area contributed by atoms with Crippen molar-refractivity contribution in [1.82, 2.24) is 0 Å². The first-order chi connectivity index (χ1) is 9.38. The molecule has 120 valence electrons. The summed E-state index contributed by atoms with van der Waals surface area (Å²) in [6, 6.07) is 0. The van der Waals surface area contributed by atoms with E-state index in [4.69, 9.17) is 20.4 Å². The van der Waals surface area contributed by atoms with Gasteiger partial charge in [-0.25, -0.2) is 0 Å². The predicted octanol–water partition coefficient (Wildman–Crippen LogP) is 1.74. The third-order valence-electron chi connectivity index (χ3n) is 3.10. The van der Waals surface area contributed by atoms with Gasteiger partial charge in [0.1, 0.15) is 0 Å². The van der Waals surface area contributed by atoms with Gasteiger partial charge in [0.15, 0.2) is 0 Å². The number of carbonyl (C=O) groups is 2. The smallest absolute Gasteiger partial charge is 0.306 e. The number of rotatable bonds is 10. The van der Waals surface area contributed by atoms with Crippen molar-refractivity contribution in [1.29, 1.82) is 0 Å². The lowest BCUT2D eigenvalue weighted by atomic mass is 9.92. The lowest BCUT2D eigenvalue weighted by Crippen LogP contribution is -2.15. The van der Waals surface area contributed by atoms with Crippen molar-refractivity contribution in [2.75, 3.05) is 13.2 Å². The van der Waals surface area contributed by atoms with Gasteiger partial charge >= 0.3 is 11.9 Å². The van der Waals surface area contributed by atoms with Gasteiger partial charge in [-0.2, -0.15) is 0 Å². The van der Waals surface area contributed by atoms with Crippen molar-refractivity contribution in [3.63, 3.8) is 0 Å². The summed E-state index contributed by atoms with van der Waals surface area (Å²) in [4.78, 5) is 21.2. The number of carboxylic acids is 2. The first-order valence-corrected chi connectivity index (χ1v) is 7.05. The van der Waals surface area contributed by atoms with E-state index >= 15 is 0 Å². The molecule has 0 heterocycles. The van der Waals surface area contributed by atoms with Crippen LogP contribution in [0.2, 0.25) is 0 Å². The normalized spacial score (nSPS) is 13.0. The number of hydrogen-bond acceptors (Lipinski definition) is 4. The van der Waals surface area contributed by atoms with Gasteiger partial charge in [0.2, 0.25) is 0 Å². The fourth-order valence-corrected chi connectivity index (χ4v) is 1.58. The summed E-state index contributed by atoms with van der Waals surface area (Å²) in [6.07, 6.45) is 3.60. The minimum absolute atomic E-state index is 0.0626. The molecule has 0 aliphatic heterocycles. The van der Waals surface area contributed by atoms with Crippen molar-refractivity contribution < 1.29 is 30.0 Å². The van der Waals surface area contributed by atoms with Crippen LogP contribution in [0.1, 0.15) is 52.4 Å². The summed E-state index contributed by atoms with van der Waals surface area (Å²) >= 11 is 0. The highest BCUT2D eigenvalue weighted by molar-refractivity contribution is 5.70. The van der Waals surface area contributed by atoms with Crippen LogP contribution in [0, 0.1) is 11.8 Å². The first-order valence-electron chi connectivity index (χ1n) is 7.05. The molecule has 0 saturated heterocycles. The molecule has 6 heteroatoms. The molecule has 0 fully saturated rings. The molecule has 0 amide bonds. The Balaban J connectivity index is 0. The highest BCUT2D eigenvalue weighted by atomic mass is 16.4. The summed E-state index contributed by atoms with van der Waals surface area (Å²) in [5.41, 5.74) is 0. The Hall–Kier alpha value is -1.14. The largest absolute Gasteiger partial charge is 0.481 e. The van der Waals surface area contributed by atoms with Gasteiger partial charge in [-0.3, -0.25) is 9.59 Å². The molecule has 6 nitrogen and oxygen atoms in total. The number of aliphatic hydroxyl groups is 2. The van der Waals surface area contributed by atoms with Crippen molar-refractivity contribution in [2.45, 2.75) is 52.4 Å². The van der Waals surface area contributed by atoms with Crippen molar-refractivity contribution in [3.05, 3.63) is 0 Å². The van der Waals surface area contributed by atoms with Gasteiger partial charge in [-0.1, -0.05) is 20.3 Å². The molecule has 2 unspecified atom stereocenters. The van der Waals surface area contributed by atoms with E-state index in [0.29, 0.717) is 25.2 Å². The van der Waals surface area contributed by atoms with Crippen LogP contribution >= 0.6 is 0 Å². The van der Waals surface area contributed by atoms with E-state index in [9.17, 15) is 9.59 Å². The van der Waals surface area contributed by atoms with Crippen LogP contribution in [0.3, 0.4) is 0 Å². The molecule has 0 aromatic heterocycles. The molecule has 0 aliphatic carbocycles. The second-order valence-electron chi connectivity index (χ2n) is 4.86. The molecule has 0 aromatic carbocycles. The molecule has 0 spiro atoms. The summed E-state index contributed by atoms with van der Waals surface area (Å²) in [5.74, 6) is -1.49. The van der Waals surface area contributed by atoms with E-state index in [1.54, 1.807) is 0 Å². The van der Waals surface area contributed by atoms with Gasteiger partial charge in [0, 0.05) is 6.42 Å². The molecule has 0 aliphatic rings. The Morgan fingerprint density at radius 2 is 1.55 bits per heavy atom. The number of hydrogen-bond donors (Lipinski definition) is 4. The maximum atomic E-state index is 10.9. The average Bonchev–Trinajstić information content (AvgIpc) is 2.41. The SMILES string of the molecule is CCC(C)CCC(CCCC(=O)O)C(=O)O.OCCO. The zero-order valence-electron chi connectivity index (χ0n) is 12.4. The second kappa shape index (κ2) is 14.3. The minimum Gasteiger partial charge on any atom is -0.481 e. The highest BCUT2D eigenvalue weighted by Gasteiger charge is 2.18. The van der Waals surface area contributed by atoms with Gasteiger partial charge in [-0.15, -0.1) is 0 Å². The van der Waals surface area contributed by atoms with E-state index in [0.717, 1.165) is 12.8 Å². The molecule has 20 heavy (non-hydrogen) atoms. The van der Waals surface area contributed by atoms with E-state index in [-0.39, 0.29) is 25.6 Å². The molecule has 0 rings (SSSR count). The van der Waals surface area contributed by atoms with E-state index < -0.39 is 11.9 Å². The molecule has 4 N–H and O–H groups in total. The monoisotopic (exact) mass is 292 g/mol. The molecule has 0 bridgehead atoms. The van der Waals surface area contributed by atoms with E-state index in [1.807, 2.05) is 0 Å². The molecule has 0 aromatic rings. The topological polar surface area (TPSA) is 115 Å². The van der Waals surface area contributed by atoms with Crippen LogP contribution in [-0.4, -0.2) is 45.6 Å². The summed E-state index contributed by atoms with van der Waals surface area (Å²) < 4.78 is 0. The van der Waals surface area contributed by atoms with Crippen LogP contribution in [0.5, 0.6) is 0 Å². The fourth-order valence-electron chi connectivity index (χ4n) is 1.58. The fraction of sp³-hybridized carbons (Fsp3) is 0.857. The quantitative estimate of drug-likeness (QED) is 0.487. The van der Waals surface area contributed by atoms with Crippen LogP contribution in [-0.2, 0) is 9.59 Å². The average molecular weight is 292 g/mol. The maximum Gasteiger partial charge on any atom is 0.306 e. The number of carboxylic acid groups (broad SMARTS) is 2. The van der Waals surface area contributed by atoms with Gasteiger partial charge in [0.05, 0.1) is 19.1 Å². The Morgan fingerprint density at radius 3 is 1.90 bits per heavy atom. The van der Waals surface area contributed by atoms with E-state index in [2.05, 4.69) is 13.8 Å². The third kappa shape index (κ3) is 14.9. The van der Waals surface area contributed by atoms with Crippen LogP contribution in [0.25, 0.3) is 0 Å². The number of aliphatic hydroxyl groups excluding tert-OH is 2. The lowest BCUT2D eigenvalue weighted by molar-refractivity contribution is -0.143. The number of aliphatic carboxylic acids is 2. The van der Waals surface area contributed by atoms with Crippen molar-refractivity contribution in [3.8, 4) is 0 Å². The van der Waals surface area contributed by atoms with Crippen molar-refractivity contribution >= 4 is 11.9 Å². The summed E-state index contributed by atoms with van der Waals surface area (Å²) in [7, 11) is 0. The summed E-state index contributed by atoms with van der Waals surface area (Å²) in [6.45, 7) is 3.95. The molecular formula is C14H28O6. The molecular weight excluding hydrogens is 264 g/mol. The molecule has 0 saturated carbocycles. The Bertz CT molecular complexity index is 252. The predicted molar refractivity (Wildman–Crippen MR) is 75.5 cm³/mol. The standard InChI is InChI=1S/C12H22O4.C2H6O2/c1-3-9(2)7-8-10(12(15)16)5-4-6-11(13)14;3-1-2-4/h9-10H,3-8H2,1-2H3,(H,13,14)(H,15,16);3-4H,1-2H2. The van der Waals surface area contributed by atoms with Crippen LogP contribution in [0.4, 0.5) is 0 Å². The van der Waals surface area contributed by atoms with Gasteiger partial charge in [-0.05, 0) is 31.6 Å². The van der Waals surface area contributed by atoms with Crippen molar-refractivity contribution in [2.24, 2.45) is 11.8 Å². The molecule has 0 radical (unpaired) electrons. The minimum atomic E-state index is -0.855. The maximum absolute atomic E-state index is 10.9. The first kappa shape index (κ1) is 21.2. The van der Waals surface area contributed by atoms with Gasteiger partial charge in [0.25, 0.3) is 0 Å². The Morgan fingerprint density at radius 1 is 1.00 bits per heavy atom. The van der Waals surface area contributed by atoms with Gasteiger partial charge < -0.3 is 20.4 Å². The van der Waals surface area contributed by atoms with E-state index in [1.165, 1.54) is 0 Å². The second-order valence-corrected chi connectivity index (χ2v) is 4.86. The Labute approximate surface area is 120 Å². The third-order valence-corrected chi connectivity index (χ3v) is 3.10.